The number of phenolic OH excluding ortho intramolecular Hbond substituents is 1. The summed E-state index contributed by atoms with van der Waals surface area (Å²) in [6.07, 6.45) is 1.47. The molecule has 1 saturated heterocycles. The van der Waals surface area contributed by atoms with E-state index in [1.807, 2.05) is 72.8 Å². The summed E-state index contributed by atoms with van der Waals surface area (Å²) < 4.78 is 0. The molecular formula is C29H35N3O2. The predicted molar refractivity (Wildman–Crippen MR) is 136 cm³/mol. The Balaban J connectivity index is 1.44. The van der Waals surface area contributed by atoms with Crippen LogP contribution in [0.4, 0.5) is 0 Å². The number of primary amides is 1. The van der Waals surface area contributed by atoms with Gasteiger partial charge in [-0.05, 0) is 55.5 Å². The first-order valence-electron chi connectivity index (χ1n) is 12.0. The molecule has 0 atom stereocenters. The second kappa shape index (κ2) is 10.00. The highest BCUT2D eigenvalue weighted by Crippen LogP contribution is 2.40. The van der Waals surface area contributed by atoms with Crippen molar-refractivity contribution in [1.82, 2.24) is 10.2 Å². The molecule has 4 N–H and O–H groups in total. The molecule has 178 valence electrons. The van der Waals surface area contributed by atoms with Crippen molar-refractivity contribution in [2.75, 3.05) is 13.1 Å². The number of amides is 1. The molecule has 0 unspecified atom stereocenters. The number of hydrogen-bond donors (Lipinski definition) is 3. The van der Waals surface area contributed by atoms with Gasteiger partial charge in [0.25, 0.3) is 0 Å². The van der Waals surface area contributed by atoms with Crippen LogP contribution in [-0.2, 0) is 16.8 Å². The topological polar surface area (TPSA) is 78.6 Å². The SMILES string of the molecule is CC(C)(CCC(C(N)=O)(c1ccccc1)c1ccccc1)N1CC(NCc2cccc(O)c2)C1. The Morgan fingerprint density at radius 3 is 2.06 bits per heavy atom. The maximum Gasteiger partial charge on any atom is 0.232 e. The molecule has 1 heterocycles. The summed E-state index contributed by atoms with van der Waals surface area (Å²) in [6, 6.07) is 27.6. The third-order valence-electron chi connectivity index (χ3n) is 7.31. The van der Waals surface area contributed by atoms with Crippen LogP contribution < -0.4 is 11.1 Å². The van der Waals surface area contributed by atoms with Gasteiger partial charge in [-0.2, -0.15) is 0 Å². The van der Waals surface area contributed by atoms with Gasteiger partial charge in [0.05, 0.1) is 5.41 Å². The fraction of sp³-hybridized carbons (Fsp3) is 0.345. The number of likely N-dealkylation sites (tertiary alicyclic amines) is 1. The van der Waals surface area contributed by atoms with Crippen LogP contribution in [0, 0.1) is 0 Å². The molecule has 5 heteroatoms. The predicted octanol–water partition coefficient (Wildman–Crippen LogP) is 4.20. The largest absolute Gasteiger partial charge is 0.508 e. The van der Waals surface area contributed by atoms with E-state index in [9.17, 15) is 9.90 Å². The van der Waals surface area contributed by atoms with Crippen LogP contribution in [0.3, 0.4) is 0 Å². The Hall–Kier alpha value is -3.15. The number of benzene rings is 3. The second-order valence-corrected chi connectivity index (χ2v) is 9.97. The molecule has 34 heavy (non-hydrogen) atoms. The van der Waals surface area contributed by atoms with Gasteiger partial charge in [-0.15, -0.1) is 0 Å². The van der Waals surface area contributed by atoms with Gasteiger partial charge in [-0.25, -0.2) is 0 Å². The van der Waals surface area contributed by atoms with E-state index in [2.05, 4.69) is 24.1 Å². The van der Waals surface area contributed by atoms with Crippen molar-refractivity contribution >= 4 is 5.91 Å². The summed E-state index contributed by atoms with van der Waals surface area (Å²) in [6.45, 7) is 7.14. The van der Waals surface area contributed by atoms with E-state index in [1.54, 1.807) is 12.1 Å². The monoisotopic (exact) mass is 457 g/mol. The zero-order valence-corrected chi connectivity index (χ0v) is 20.1. The van der Waals surface area contributed by atoms with Crippen LogP contribution in [0.1, 0.15) is 43.4 Å². The van der Waals surface area contributed by atoms with Crippen LogP contribution in [0.15, 0.2) is 84.9 Å². The Bertz CT molecular complexity index is 1050. The number of phenols is 1. The van der Waals surface area contributed by atoms with Gasteiger partial charge in [-0.1, -0.05) is 72.8 Å². The average Bonchev–Trinajstić information content (AvgIpc) is 2.79. The van der Waals surface area contributed by atoms with E-state index < -0.39 is 5.41 Å². The van der Waals surface area contributed by atoms with Crippen LogP contribution in [0.2, 0.25) is 0 Å². The van der Waals surface area contributed by atoms with E-state index in [0.717, 1.165) is 42.7 Å². The summed E-state index contributed by atoms with van der Waals surface area (Å²) in [5, 5.41) is 13.2. The van der Waals surface area contributed by atoms with Gasteiger partial charge < -0.3 is 16.2 Å². The highest BCUT2D eigenvalue weighted by Gasteiger charge is 2.44. The van der Waals surface area contributed by atoms with E-state index in [1.165, 1.54) is 0 Å². The Morgan fingerprint density at radius 1 is 0.941 bits per heavy atom. The van der Waals surface area contributed by atoms with Gasteiger partial charge in [0.15, 0.2) is 0 Å². The molecule has 0 bridgehead atoms. The van der Waals surface area contributed by atoms with Crippen molar-refractivity contribution in [2.45, 2.75) is 50.2 Å². The molecule has 1 fully saturated rings. The number of rotatable bonds is 10. The minimum atomic E-state index is -0.863. The zero-order chi connectivity index (χ0) is 24.2. The summed E-state index contributed by atoms with van der Waals surface area (Å²) in [4.78, 5) is 15.5. The van der Waals surface area contributed by atoms with Crippen molar-refractivity contribution in [2.24, 2.45) is 5.73 Å². The summed E-state index contributed by atoms with van der Waals surface area (Å²) >= 11 is 0. The molecule has 3 aromatic carbocycles. The van der Waals surface area contributed by atoms with E-state index in [4.69, 9.17) is 5.73 Å². The summed E-state index contributed by atoms with van der Waals surface area (Å²) in [7, 11) is 0. The van der Waals surface area contributed by atoms with Gasteiger partial charge >= 0.3 is 0 Å². The van der Waals surface area contributed by atoms with Crippen molar-refractivity contribution in [3.8, 4) is 5.75 Å². The average molecular weight is 458 g/mol. The molecular weight excluding hydrogens is 422 g/mol. The number of carbonyl (C=O) groups is 1. The lowest BCUT2D eigenvalue weighted by molar-refractivity contribution is -0.122. The molecule has 5 nitrogen and oxygen atoms in total. The minimum absolute atomic E-state index is 0.0759. The first kappa shape index (κ1) is 24.0. The molecule has 1 aliphatic heterocycles. The molecule has 4 rings (SSSR count). The maximum atomic E-state index is 13.1. The lowest BCUT2D eigenvalue weighted by Gasteiger charge is -2.50. The minimum Gasteiger partial charge on any atom is -0.508 e. The summed E-state index contributed by atoms with van der Waals surface area (Å²) in [5.41, 5.74) is 8.16. The number of nitrogens with two attached hydrogens (primary N) is 1. The molecule has 0 aliphatic carbocycles. The molecule has 0 aromatic heterocycles. The Kier molecular flexibility index (Phi) is 7.05. The van der Waals surface area contributed by atoms with Crippen LogP contribution >= 0.6 is 0 Å². The number of aromatic hydroxyl groups is 1. The highest BCUT2D eigenvalue weighted by molar-refractivity contribution is 5.90. The molecule has 0 spiro atoms. The van der Waals surface area contributed by atoms with Crippen molar-refractivity contribution < 1.29 is 9.90 Å². The molecule has 0 radical (unpaired) electrons. The van der Waals surface area contributed by atoms with E-state index in [-0.39, 0.29) is 11.4 Å². The number of carbonyl (C=O) groups excluding carboxylic acids is 1. The maximum absolute atomic E-state index is 13.1. The quantitative estimate of drug-likeness (QED) is 0.426. The molecule has 0 saturated carbocycles. The van der Waals surface area contributed by atoms with Crippen LogP contribution in [0.5, 0.6) is 5.75 Å². The number of hydrogen-bond acceptors (Lipinski definition) is 4. The Labute approximate surface area is 202 Å². The van der Waals surface area contributed by atoms with E-state index in [0.29, 0.717) is 18.2 Å². The van der Waals surface area contributed by atoms with Crippen molar-refractivity contribution in [3.63, 3.8) is 0 Å². The molecule has 3 aromatic rings. The smallest absolute Gasteiger partial charge is 0.232 e. The lowest BCUT2D eigenvalue weighted by Crippen LogP contribution is -2.64. The summed E-state index contributed by atoms with van der Waals surface area (Å²) in [5.74, 6) is -0.0135. The zero-order valence-electron chi connectivity index (χ0n) is 20.1. The standard InChI is InChI=1S/C29H35N3O2/c1-28(2,32-20-25(21-32)31-19-22-10-9-15-26(33)18-22)16-17-29(27(30)34,23-11-5-3-6-12-23)24-13-7-4-8-14-24/h3-15,18,25,31,33H,16-17,19-21H2,1-2H3,(H2,30,34). The first-order chi connectivity index (χ1) is 16.3. The van der Waals surface area contributed by atoms with Gasteiger partial charge in [0.2, 0.25) is 5.91 Å². The van der Waals surface area contributed by atoms with Gasteiger partial charge in [0, 0.05) is 31.2 Å². The van der Waals surface area contributed by atoms with Crippen molar-refractivity contribution in [3.05, 3.63) is 102 Å². The number of nitrogens with zero attached hydrogens (tertiary/aromatic N) is 1. The fourth-order valence-electron chi connectivity index (χ4n) is 4.99. The van der Waals surface area contributed by atoms with Gasteiger partial charge in [0.1, 0.15) is 5.75 Å². The van der Waals surface area contributed by atoms with Gasteiger partial charge in [-0.3, -0.25) is 9.69 Å². The van der Waals surface area contributed by atoms with Crippen LogP contribution in [-0.4, -0.2) is 40.6 Å². The third-order valence-corrected chi connectivity index (χ3v) is 7.31. The Morgan fingerprint density at radius 2 is 1.53 bits per heavy atom. The normalized spacial score (nSPS) is 15.1. The van der Waals surface area contributed by atoms with Crippen molar-refractivity contribution in [1.29, 1.82) is 0 Å². The second-order valence-electron chi connectivity index (χ2n) is 9.97. The number of nitrogens with one attached hydrogen (secondary N) is 1. The fourth-order valence-corrected chi connectivity index (χ4v) is 4.99. The third kappa shape index (κ3) is 5.01. The van der Waals surface area contributed by atoms with E-state index >= 15 is 0 Å². The highest BCUT2D eigenvalue weighted by atomic mass is 16.3. The van der Waals surface area contributed by atoms with Crippen LogP contribution in [0.25, 0.3) is 0 Å². The molecule has 1 aliphatic rings. The lowest BCUT2D eigenvalue weighted by atomic mass is 9.69. The molecule has 1 amide bonds. The first-order valence-corrected chi connectivity index (χ1v) is 12.0.